The summed E-state index contributed by atoms with van der Waals surface area (Å²) < 4.78 is 11.2. The normalized spacial score (nSPS) is 26.6. The maximum absolute atomic E-state index is 12.5. The summed E-state index contributed by atoms with van der Waals surface area (Å²) in [5, 5.41) is 10.3. The molecule has 5 heteroatoms. The highest BCUT2D eigenvalue weighted by molar-refractivity contribution is 5.89. The maximum Gasteiger partial charge on any atom is 0.338 e. The lowest BCUT2D eigenvalue weighted by atomic mass is 9.91. The van der Waals surface area contributed by atoms with Gasteiger partial charge in [0.15, 0.2) is 0 Å². The van der Waals surface area contributed by atoms with E-state index in [0.717, 1.165) is 5.56 Å². The highest BCUT2D eigenvalue weighted by atomic mass is 16.6. The summed E-state index contributed by atoms with van der Waals surface area (Å²) in [5.41, 5.74) is 1.48. The zero-order chi connectivity index (χ0) is 20.9. The van der Waals surface area contributed by atoms with Gasteiger partial charge in [0, 0.05) is 18.3 Å². The summed E-state index contributed by atoms with van der Waals surface area (Å²) in [7, 11) is 0. The molecule has 0 spiro atoms. The van der Waals surface area contributed by atoms with Crippen molar-refractivity contribution >= 4 is 18.0 Å². The summed E-state index contributed by atoms with van der Waals surface area (Å²) in [4.78, 5) is 24.2. The number of hydrogen-bond donors (Lipinski definition) is 1. The summed E-state index contributed by atoms with van der Waals surface area (Å²) >= 11 is 0. The molecule has 5 atom stereocenters. The van der Waals surface area contributed by atoms with Gasteiger partial charge in [-0.1, -0.05) is 72.8 Å². The lowest BCUT2D eigenvalue weighted by Gasteiger charge is -2.20. The Morgan fingerprint density at radius 3 is 2.50 bits per heavy atom. The molecule has 1 saturated heterocycles. The third-order valence-electron chi connectivity index (χ3n) is 5.63. The molecule has 0 amide bonds. The van der Waals surface area contributed by atoms with Crippen molar-refractivity contribution in [3.63, 3.8) is 0 Å². The fourth-order valence-electron chi connectivity index (χ4n) is 4.15. The molecule has 2 aliphatic rings. The minimum atomic E-state index is -0.784. The van der Waals surface area contributed by atoms with E-state index in [2.05, 4.69) is 0 Å². The molecule has 0 unspecified atom stereocenters. The Hall–Kier alpha value is -3.18. The van der Waals surface area contributed by atoms with Crippen molar-refractivity contribution in [1.29, 1.82) is 0 Å². The number of fused-ring (bicyclic) bond motifs is 1. The van der Waals surface area contributed by atoms with Gasteiger partial charge in [0.2, 0.25) is 0 Å². The third-order valence-corrected chi connectivity index (χ3v) is 5.63. The Morgan fingerprint density at radius 1 is 1.07 bits per heavy atom. The van der Waals surface area contributed by atoms with E-state index in [-0.39, 0.29) is 23.9 Å². The quantitative estimate of drug-likeness (QED) is 0.586. The van der Waals surface area contributed by atoms with Crippen LogP contribution in [0.15, 0.2) is 78.9 Å². The first-order valence-corrected chi connectivity index (χ1v) is 10.2. The Balaban J connectivity index is 1.45. The number of esters is 2. The zero-order valence-corrected chi connectivity index (χ0v) is 16.5. The van der Waals surface area contributed by atoms with Crippen molar-refractivity contribution in [3.05, 3.63) is 90.0 Å². The Kier molecular flexibility index (Phi) is 6.10. The number of carbonyl (C=O) groups excluding carboxylic acids is 2. The Bertz CT molecular complexity index is 935. The predicted molar refractivity (Wildman–Crippen MR) is 112 cm³/mol. The van der Waals surface area contributed by atoms with Crippen LogP contribution in [0.2, 0.25) is 0 Å². The molecule has 1 N–H and O–H groups in total. The Labute approximate surface area is 175 Å². The molecule has 2 aromatic carbocycles. The number of hydrogen-bond acceptors (Lipinski definition) is 5. The number of aliphatic hydroxyl groups is 1. The van der Waals surface area contributed by atoms with Crippen molar-refractivity contribution in [2.75, 3.05) is 0 Å². The average Bonchev–Trinajstić information content (AvgIpc) is 3.27. The van der Waals surface area contributed by atoms with Gasteiger partial charge >= 0.3 is 11.9 Å². The standard InChI is InChI=1S/C25H24O5/c26-19(12-11-17-7-3-1-4-8-17)13-14-20-21-15-24(27)29-23(21)16-22(20)30-25(28)18-9-5-2-6-10-18/h1-14,19-23,26H,15-16H2/t19-,20-,21-,22-,23+/m1/s1. The fraction of sp³-hybridized carbons (Fsp3) is 0.280. The van der Waals surface area contributed by atoms with Gasteiger partial charge in [-0.3, -0.25) is 4.79 Å². The molecule has 154 valence electrons. The summed E-state index contributed by atoms with van der Waals surface area (Å²) in [5.74, 6) is -0.850. The Morgan fingerprint density at radius 2 is 1.77 bits per heavy atom. The van der Waals surface area contributed by atoms with Crippen LogP contribution in [0, 0.1) is 11.8 Å². The molecule has 2 aromatic rings. The highest BCUT2D eigenvalue weighted by Gasteiger charge is 2.50. The van der Waals surface area contributed by atoms with Crippen LogP contribution >= 0.6 is 0 Å². The van der Waals surface area contributed by atoms with Crippen molar-refractivity contribution in [1.82, 2.24) is 0 Å². The van der Waals surface area contributed by atoms with E-state index in [9.17, 15) is 14.7 Å². The van der Waals surface area contributed by atoms with Crippen molar-refractivity contribution in [2.24, 2.45) is 11.8 Å². The largest absolute Gasteiger partial charge is 0.462 e. The van der Waals surface area contributed by atoms with Gasteiger partial charge in [-0.05, 0) is 17.7 Å². The minimum absolute atomic E-state index is 0.0485. The molecular weight excluding hydrogens is 380 g/mol. The number of benzene rings is 2. The van der Waals surface area contributed by atoms with E-state index in [0.29, 0.717) is 18.4 Å². The average molecular weight is 404 g/mol. The molecule has 0 aromatic heterocycles. The summed E-state index contributed by atoms with van der Waals surface area (Å²) in [6.07, 6.45) is 6.41. The number of rotatable bonds is 6. The van der Waals surface area contributed by atoms with Crippen molar-refractivity contribution < 1.29 is 24.2 Å². The van der Waals surface area contributed by atoms with E-state index in [1.54, 1.807) is 36.4 Å². The van der Waals surface area contributed by atoms with E-state index in [4.69, 9.17) is 9.47 Å². The lowest BCUT2D eigenvalue weighted by molar-refractivity contribution is -0.141. The van der Waals surface area contributed by atoms with Gasteiger partial charge in [-0.15, -0.1) is 0 Å². The molecule has 1 aliphatic carbocycles. The minimum Gasteiger partial charge on any atom is -0.462 e. The molecule has 1 heterocycles. The van der Waals surface area contributed by atoms with Crippen molar-refractivity contribution in [3.8, 4) is 0 Å². The monoisotopic (exact) mass is 404 g/mol. The number of ether oxygens (including phenoxy) is 2. The van der Waals surface area contributed by atoms with Gasteiger partial charge < -0.3 is 14.6 Å². The molecule has 1 saturated carbocycles. The molecular formula is C25H24O5. The van der Waals surface area contributed by atoms with Crippen LogP contribution < -0.4 is 0 Å². The molecule has 2 fully saturated rings. The van der Waals surface area contributed by atoms with E-state index >= 15 is 0 Å². The number of carbonyl (C=O) groups is 2. The van der Waals surface area contributed by atoms with Gasteiger partial charge in [-0.25, -0.2) is 4.79 Å². The van der Waals surface area contributed by atoms with Gasteiger partial charge in [0.1, 0.15) is 12.2 Å². The molecule has 0 radical (unpaired) electrons. The van der Waals surface area contributed by atoms with E-state index in [1.807, 2.05) is 48.6 Å². The fourth-order valence-corrected chi connectivity index (χ4v) is 4.15. The SMILES string of the molecule is O=C1C[C@@H]2[C@@H](C=C[C@H](O)C=Cc3ccccc3)[C@H](OC(=O)c3ccccc3)C[C@@H]2O1. The van der Waals surface area contributed by atoms with Crippen LogP contribution in [0.5, 0.6) is 0 Å². The van der Waals surface area contributed by atoms with Crippen LogP contribution in [0.25, 0.3) is 6.08 Å². The maximum atomic E-state index is 12.5. The van der Waals surface area contributed by atoms with Crippen LogP contribution in [0.4, 0.5) is 0 Å². The predicted octanol–water partition coefficient (Wildman–Crippen LogP) is 3.79. The second-order valence-electron chi connectivity index (χ2n) is 7.66. The van der Waals surface area contributed by atoms with Crippen LogP contribution in [0.1, 0.15) is 28.8 Å². The highest BCUT2D eigenvalue weighted by Crippen LogP contribution is 2.43. The molecule has 4 rings (SSSR count). The first kappa shape index (κ1) is 20.1. The van der Waals surface area contributed by atoms with Crippen LogP contribution in [-0.4, -0.2) is 35.4 Å². The third kappa shape index (κ3) is 4.69. The number of aliphatic hydroxyl groups excluding tert-OH is 1. The molecule has 5 nitrogen and oxygen atoms in total. The van der Waals surface area contributed by atoms with E-state index < -0.39 is 18.2 Å². The topological polar surface area (TPSA) is 72.8 Å². The van der Waals surface area contributed by atoms with Gasteiger partial charge in [0.05, 0.1) is 18.1 Å². The molecule has 0 bridgehead atoms. The second-order valence-corrected chi connectivity index (χ2v) is 7.66. The van der Waals surface area contributed by atoms with Crippen LogP contribution in [-0.2, 0) is 14.3 Å². The summed E-state index contributed by atoms with van der Waals surface area (Å²) in [6.45, 7) is 0. The lowest BCUT2D eigenvalue weighted by Crippen LogP contribution is -2.25. The summed E-state index contributed by atoms with van der Waals surface area (Å²) in [6, 6.07) is 18.5. The first-order chi connectivity index (χ1) is 14.6. The molecule has 1 aliphatic heterocycles. The van der Waals surface area contributed by atoms with Gasteiger partial charge in [0.25, 0.3) is 0 Å². The zero-order valence-electron chi connectivity index (χ0n) is 16.5. The van der Waals surface area contributed by atoms with E-state index in [1.165, 1.54) is 0 Å². The second kappa shape index (κ2) is 9.09. The smallest absolute Gasteiger partial charge is 0.338 e. The van der Waals surface area contributed by atoms with Crippen LogP contribution in [0.3, 0.4) is 0 Å². The van der Waals surface area contributed by atoms with Gasteiger partial charge in [-0.2, -0.15) is 0 Å². The van der Waals surface area contributed by atoms with Crippen molar-refractivity contribution in [2.45, 2.75) is 31.2 Å². The first-order valence-electron chi connectivity index (χ1n) is 10.2. The molecule has 30 heavy (non-hydrogen) atoms.